The van der Waals surface area contributed by atoms with Crippen molar-refractivity contribution in [2.45, 2.75) is 0 Å². The number of nitrogens with zero attached hydrogens (tertiary/aromatic N) is 3. The van der Waals surface area contributed by atoms with Crippen molar-refractivity contribution in [3.63, 3.8) is 0 Å². The first-order chi connectivity index (χ1) is 18.3. The Labute approximate surface area is 215 Å². The summed E-state index contributed by atoms with van der Waals surface area (Å²) >= 11 is 0. The van der Waals surface area contributed by atoms with Gasteiger partial charge in [0.2, 0.25) is 0 Å². The average molecular weight is 472 g/mol. The molecule has 1 spiro atoms. The smallest absolute Gasteiger partial charge is 0.104 e. The summed E-state index contributed by atoms with van der Waals surface area (Å²) < 4.78 is 0. The average Bonchev–Trinajstić information content (AvgIpc) is 3.54. The van der Waals surface area contributed by atoms with Crippen LogP contribution in [0.2, 0.25) is 0 Å². The molecule has 1 heterocycles. The van der Waals surface area contributed by atoms with Crippen LogP contribution in [0.5, 0.6) is 0 Å². The molecule has 0 saturated heterocycles. The van der Waals surface area contributed by atoms with Gasteiger partial charge in [0.25, 0.3) is 0 Å². The third-order valence-electron chi connectivity index (χ3n) is 7.96. The summed E-state index contributed by atoms with van der Waals surface area (Å²) in [5, 5.41) is 12.9. The van der Waals surface area contributed by atoms with Crippen molar-refractivity contribution in [2.24, 2.45) is 5.41 Å². The molecule has 3 nitrogen and oxygen atoms in total. The number of allylic oxidation sites excluding steroid dienone is 10. The monoisotopic (exact) mass is 471 g/mol. The van der Waals surface area contributed by atoms with E-state index in [9.17, 15) is 0 Å². The summed E-state index contributed by atoms with van der Waals surface area (Å²) in [4.78, 5) is 0. The number of hydrogen-bond donors (Lipinski definition) is 0. The minimum Gasteiger partial charge on any atom is -0.138 e. The highest BCUT2D eigenvalue weighted by atomic mass is 15.3. The van der Waals surface area contributed by atoms with Crippen LogP contribution in [0.4, 0.5) is 0 Å². The van der Waals surface area contributed by atoms with Crippen LogP contribution in [-0.2, 0) is 0 Å². The number of rotatable bonds is 2. The number of aromatic nitrogens is 3. The normalized spacial score (nSPS) is 20.2. The van der Waals surface area contributed by atoms with E-state index >= 15 is 0 Å². The molecule has 0 radical (unpaired) electrons. The Kier molecular flexibility index (Phi) is 4.15. The van der Waals surface area contributed by atoms with E-state index in [-0.39, 0.29) is 0 Å². The lowest BCUT2D eigenvalue weighted by Gasteiger charge is -2.42. The Morgan fingerprint density at radius 3 is 1.95 bits per heavy atom. The maximum Gasteiger partial charge on any atom is 0.104 e. The van der Waals surface area contributed by atoms with Gasteiger partial charge in [-0.15, -0.1) is 10.2 Å². The summed E-state index contributed by atoms with van der Waals surface area (Å²) in [5.41, 5.74) is 13.8. The first-order valence-electron chi connectivity index (χ1n) is 12.5. The first kappa shape index (κ1) is 20.3. The fourth-order valence-corrected chi connectivity index (χ4v) is 6.37. The zero-order chi connectivity index (χ0) is 24.4. The topological polar surface area (TPSA) is 38.7 Å². The van der Waals surface area contributed by atoms with E-state index in [1.54, 1.807) is 0 Å². The molecular formula is C34H21N3. The first-order valence-corrected chi connectivity index (χ1v) is 12.5. The second-order valence-corrected chi connectivity index (χ2v) is 9.76. The van der Waals surface area contributed by atoms with Gasteiger partial charge < -0.3 is 0 Å². The Balaban J connectivity index is 1.43. The summed E-state index contributed by atoms with van der Waals surface area (Å²) in [5.74, 6) is 0. The molecule has 172 valence electrons. The lowest BCUT2D eigenvalue weighted by molar-refractivity contribution is 0.771. The molecule has 0 amide bonds. The lowest BCUT2D eigenvalue weighted by atomic mass is 9.60. The van der Waals surface area contributed by atoms with Crippen LogP contribution in [0.1, 0.15) is 27.8 Å². The molecule has 0 aliphatic heterocycles. The second-order valence-electron chi connectivity index (χ2n) is 9.76. The standard InChI is InChI=1S/C34H21N3/c1-2-9-22(10-3-1)33-29(21-35-37-36-33)30-17-16-28-26-14-7-5-12-24(26)20-32(28)34(30)18-8-15-27-25-13-6-4-11-23(25)19-31(27)34/h1-21H. The van der Waals surface area contributed by atoms with Crippen molar-refractivity contribution < 1.29 is 0 Å². The number of fused-ring (bicyclic) bond motifs is 8. The predicted octanol–water partition coefficient (Wildman–Crippen LogP) is 7.45. The summed E-state index contributed by atoms with van der Waals surface area (Å²) in [6, 6.07) is 27.6. The van der Waals surface area contributed by atoms with E-state index in [1.807, 2.05) is 24.4 Å². The molecule has 1 unspecified atom stereocenters. The lowest BCUT2D eigenvalue weighted by Crippen LogP contribution is -2.29. The van der Waals surface area contributed by atoms with Crippen molar-refractivity contribution in [1.29, 1.82) is 0 Å². The van der Waals surface area contributed by atoms with Crippen LogP contribution in [0.3, 0.4) is 0 Å². The van der Waals surface area contributed by atoms with Crippen LogP contribution in [-0.4, -0.2) is 15.4 Å². The molecule has 4 aliphatic carbocycles. The van der Waals surface area contributed by atoms with E-state index in [0.717, 1.165) is 22.4 Å². The molecule has 1 atom stereocenters. The third-order valence-corrected chi connectivity index (χ3v) is 7.96. The molecule has 4 aliphatic rings. The maximum atomic E-state index is 4.55. The van der Waals surface area contributed by atoms with Crippen LogP contribution < -0.4 is 0 Å². The van der Waals surface area contributed by atoms with Gasteiger partial charge in [-0.1, -0.05) is 109 Å². The second kappa shape index (κ2) is 7.55. The minimum atomic E-state index is -0.486. The van der Waals surface area contributed by atoms with Crippen molar-refractivity contribution in [3.05, 3.63) is 154 Å². The molecule has 4 aromatic rings. The maximum absolute atomic E-state index is 4.55. The van der Waals surface area contributed by atoms with E-state index in [0.29, 0.717) is 0 Å². The van der Waals surface area contributed by atoms with Gasteiger partial charge in [0, 0.05) is 11.1 Å². The highest BCUT2D eigenvalue weighted by Crippen LogP contribution is 2.63. The van der Waals surface area contributed by atoms with Crippen LogP contribution >= 0.6 is 0 Å². The molecule has 37 heavy (non-hydrogen) atoms. The quantitative estimate of drug-likeness (QED) is 0.305. The van der Waals surface area contributed by atoms with Crippen molar-refractivity contribution in [3.8, 4) is 11.3 Å². The fourth-order valence-electron chi connectivity index (χ4n) is 6.37. The van der Waals surface area contributed by atoms with E-state index in [1.165, 1.54) is 44.5 Å². The summed E-state index contributed by atoms with van der Waals surface area (Å²) in [6.45, 7) is 0. The van der Waals surface area contributed by atoms with Crippen molar-refractivity contribution >= 4 is 28.9 Å². The molecule has 3 heteroatoms. The number of benzene rings is 3. The van der Waals surface area contributed by atoms with Crippen molar-refractivity contribution in [1.82, 2.24) is 15.4 Å². The van der Waals surface area contributed by atoms with E-state index < -0.39 is 5.41 Å². The summed E-state index contributed by atoms with van der Waals surface area (Å²) in [7, 11) is 0. The fraction of sp³-hybridized carbons (Fsp3) is 0.0294. The number of hydrogen-bond acceptors (Lipinski definition) is 3. The Bertz CT molecular complexity index is 1790. The van der Waals surface area contributed by atoms with Gasteiger partial charge in [-0.05, 0) is 67.5 Å². The van der Waals surface area contributed by atoms with Crippen LogP contribution in [0, 0.1) is 5.41 Å². The van der Waals surface area contributed by atoms with Gasteiger partial charge in [-0.2, -0.15) is 0 Å². The van der Waals surface area contributed by atoms with E-state index in [2.05, 4.69) is 119 Å². The van der Waals surface area contributed by atoms with Gasteiger partial charge in [-0.25, -0.2) is 0 Å². The molecule has 3 aromatic carbocycles. The Hall–Kier alpha value is -4.89. The molecule has 0 bridgehead atoms. The molecule has 0 fully saturated rings. The van der Waals surface area contributed by atoms with Gasteiger partial charge in [0.15, 0.2) is 0 Å². The molecule has 1 aromatic heterocycles. The molecular weight excluding hydrogens is 450 g/mol. The van der Waals surface area contributed by atoms with E-state index in [4.69, 9.17) is 0 Å². The highest BCUT2D eigenvalue weighted by molar-refractivity contribution is 6.11. The zero-order valence-corrected chi connectivity index (χ0v) is 20.0. The van der Waals surface area contributed by atoms with Crippen LogP contribution in [0.15, 0.2) is 127 Å². The molecule has 0 saturated carbocycles. The van der Waals surface area contributed by atoms with Gasteiger partial charge in [-0.3, -0.25) is 0 Å². The van der Waals surface area contributed by atoms with Gasteiger partial charge in [0.05, 0.1) is 11.6 Å². The van der Waals surface area contributed by atoms with Crippen molar-refractivity contribution in [2.75, 3.05) is 0 Å². The molecule has 0 N–H and O–H groups in total. The zero-order valence-electron chi connectivity index (χ0n) is 20.0. The van der Waals surface area contributed by atoms with Gasteiger partial charge in [0.1, 0.15) is 5.69 Å². The van der Waals surface area contributed by atoms with Crippen LogP contribution in [0.25, 0.3) is 40.1 Å². The third kappa shape index (κ3) is 2.74. The Morgan fingerprint density at radius 2 is 1.22 bits per heavy atom. The van der Waals surface area contributed by atoms with Gasteiger partial charge >= 0.3 is 0 Å². The SMILES string of the molecule is C1=CC2(C3=Cc4ccccc4C3=C1)C1=Cc3ccccc3C1=CC=C2c1cnnnc1-c1ccccc1. The summed E-state index contributed by atoms with van der Waals surface area (Å²) in [6.07, 6.45) is 18.0. The predicted molar refractivity (Wildman–Crippen MR) is 150 cm³/mol. The largest absolute Gasteiger partial charge is 0.138 e. The Morgan fingerprint density at radius 1 is 0.568 bits per heavy atom. The minimum absolute atomic E-state index is 0.486. The highest BCUT2D eigenvalue weighted by Gasteiger charge is 2.49. The molecule has 8 rings (SSSR count).